The number of hydrogen-bond acceptors (Lipinski definition) is 6. The van der Waals surface area contributed by atoms with E-state index in [-0.39, 0.29) is 6.04 Å². The molecule has 0 radical (unpaired) electrons. The van der Waals surface area contributed by atoms with Crippen molar-refractivity contribution < 1.29 is 14.3 Å². The van der Waals surface area contributed by atoms with Crippen LogP contribution in [0.3, 0.4) is 0 Å². The van der Waals surface area contributed by atoms with E-state index in [1.807, 2.05) is 24.6 Å². The number of aromatic nitrogens is 2. The van der Waals surface area contributed by atoms with E-state index in [0.717, 1.165) is 22.8 Å². The first kappa shape index (κ1) is 17.7. The van der Waals surface area contributed by atoms with E-state index < -0.39 is 5.97 Å². The third-order valence-electron chi connectivity index (χ3n) is 3.98. The van der Waals surface area contributed by atoms with Crippen molar-refractivity contribution in [3.05, 3.63) is 41.7 Å². The number of methoxy groups -OCH3 is 1. The molecule has 0 amide bonds. The Bertz CT molecular complexity index is 868. The molecule has 0 aliphatic carbocycles. The summed E-state index contributed by atoms with van der Waals surface area (Å²) in [5, 5.41) is 10.7. The minimum Gasteiger partial charge on any atom is -0.491 e. The molecule has 7 nitrogen and oxygen atoms in total. The summed E-state index contributed by atoms with van der Waals surface area (Å²) >= 11 is 0. The van der Waals surface area contributed by atoms with E-state index in [2.05, 4.69) is 5.32 Å². The Morgan fingerprint density at radius 1 is 1.46 bits per heavy atom. The number of carbonyl (C=O) groups is 1. The highest BCUT2D eigenvalue weighted by Gasteiger charge is 2.21. The summed E-state index contributed by atoms with van der Waals surface area (Å²) in [7, 11) is 1.36. The molecular formula is C19H22N4O3. The maximum atomic E-state index is 11.9. The van der Waals surface area contributed by atoms with Crippen molar-refractivity contribution in [3.8, 4) is 17.1 Å². The standard InChI is InChI=1S/C19H22N4O3/c1-12(2)21-15(6-7-20)16-11-23-8-9-26-17-5-4-13(19(24)25-3)10-14(17)18(23)22-16/h4-7,10-12,20-21H,8-9H2,1-3H3/b15-6-,20-7?. The number of esters is 1. The lowest BCUT2D eigenvalue weighted by Crippen LogP contribution is -2.21. The minimum atomic E-state index is -0.402. The Morgan fingerprint density at radius 2 is 2.27 bits per heavy atom. The number of ether oxygens (including phenoxy) is 2. The molecule has 1 aliphatic rings. The molecule has 0 fully saturated rings. The van der Waals surface area contributed by atoms with Gasteiger partial charge in [0, 0.05) is 18.5 Å². The fourth-order valence-electron chi connectivity index (χ4n) is 2.86. The second-order valence-corrected chi connectivity index (χ2v) is 6.24. The molecule has 3 rings (SSSR count). The van der Waals surface area contributed by atoms with Crippen LogP contribution in [0.4, 0.5) is 0 Å². The SMILES string of the molecule is COC(=O)c1ccc2c(c1)-c1nc(/C(=C/C=N)NC(C)C)cn1CCO2. The fourth-order valence-corrected chi connectivity index (χ4v) is 2.86. The van der Waals surface area contributed by atoms with Crippen LogP contribution in [-0.2, 0) is 11.3 Å². The molecule has 0 atom stereocenters. The van der Waals surface area contributed by atoms with Gasteiger partial charge in [0.2, 0.25) is 0 Å². The molecule has 0 saturated carbocycles. The molecule has 1 aromatic heterocycles. The summed E-state index contributed by atoms with van der Waals surface area (Å²) in [6, 6.07) is 5.41. The van der Waals surface area contributed by atoms with E-state index in [1.165, 1.54) is 13.3 Å². The van der Waals surface area contributed by atoms with Gasteiger partial charge in [-0.05, 0) is 38.1 Å². The predicted molar refractivity (Wildman–Crippen MR) is 99.5 cm³/mol. The summed E-state index contributed by atoms with van der Waals surface area (Å²) in [5.74, 6) is 1.00. The van der Waals surface area contributed by atoms with Crippen molar-refractivity contribution in [2.75, 3.05) is 13.7 Å². The molecule has 0 bridgehead atoms. The largest absolute Gasteiger partial charge is 0.491 e. The van der Waals surface area contributed by atoms with Crippen LogP contribution in [-0.4, -0.2) is 41.5 Å². The molecule has 26 heavy (non-hydrogen) atoms. The van der Waals surface area contributed by atoms with Gasteiger partial charge in [-0.15, -0.1) is 0 Å². The quantitative estimate of drug-likeness (QED) is 0.636. The summed E-state index contributed by atoms with van der Waals surface area (Å²) in [5.41, 5.74) is 2.72. The normalized spacial score (nSPS) is 13.3. The van der Waals surface area contributed by atoms with Crippen LogP contribution >= 0.6 is 0 Å². The van der Waals surface area contributed by atoms with Gasteiger partial charge in [-0.3, -0.25) is 0 Å². The van der Waals surface area contributed by atoms with Crippen molar-refractivity contribution in [2.24, 2.45) is 0 Å². The van der Waals surface area contributed by atoms with E-state index in [4.69, 9.17) is 19.9 Å². The van der Waals surface area contributed by atoms with Gasteiger partial charge in [-0.1, -0.05) is 0 Å². The fraction of sp³-hybridized carbons (Fsp3) is 0.316. The topological polar surface area (TPSA) is 89.2 Å². The van der Waals surface area contributed by atoms with E-state index >= 15 is 0 Å². The third kappa shape index (κ3) is 3.46. The van der Waals surface area contributed by atoms with Crippen LogP contribution in [0.2, 0.25) is 0 Å². The van der Waals surface area contributed by atoms with Crippen molar-refractivity contribution in [2.45, 2.75) is 26.4 Å². The first-order chi connectivity index (χ1) is 12.5. The molecule has 7 heteroatoms. The van der Waals surface area contributed by atoms with Gasteiger partial charge in [-0.2, -0.15) is 0 Å². The zero-order chi connectivity index (χ0) is 18.7. The zero-order valence-corrected chi connectivity index (χ0v) is 15.1. The van der Waals surface area contributed by atoms with Crippen molar-refractivity contribution in [1.82, 2.24) is 14.9 Å². The van der Waals surface area contributed by atoms with Crippen LogP contribution in [0.25, 0.3) is 17.1 Å². The number of fused-ring (bicyclic) bond motifs is 3. The van der Waals surface area contributed by atoms with Crippen LogP contribution in [0.5, 0.6) is 5.75 Å². The third-order valence-corrected chi connectivity index (χ3v) is 3.98. The number of allylic oxidation sites excluding steroid dienone is 1. The molecule has 0 unspecified atom stereocenters. The molecule has 136 valence electrons. The smallest absolute Gasteiger partial charge is 0.337 e. The molecule has 2 aromatic rings. The second kappa shape index (κ2) is 7.43. The van der Waals surface area contributed by atoms with Gasteiger partial charge >= 0.3 is 5.97 Å². The van der Waals surface area contributed by atoms with Gasteiger partial charge in [0.05, 0.1) is 30.5 Å². The highest BCUT2D eigenvalue weighted by Crippen LogP contribution is 2.33. The molecule has 1 aromatic carbocycles. The van der Waals surface area contributed by atoms with Gasteiger partial charge in [0.1, 0.15) is 23.9 Å². The van der Waals surface area contributed by atoms with Gasteiger partial charge < -0.3 is 24.8 Å². The molecule has 2 N–H and O–H groups in total. The zero-order valence-electron chi connectivity index (χ0n) is 15.1. The van der Waals surface area contributed by atoms with Crippen LogP contribution in [0.1, 0.15) is 29.9 Å². The molecule has 0 saturated heterocycles. The lowest BCUT2D eigenvalue weighted by atomic mass is 10.1. The van der Waals surface area contributed by atoms with Gasteiger partial charge in [0.25, 0.3) is 0 Å². The molecule has 2 heterocycles. The maximum Gasteiger partial charge on any atom is 0.337 e. The molecular weight excluding hydrogens is 332 g/mol. The average molecular weight is 354 g/mol. The second-order valence-electron chi connectivity index (χ2n) is 6.24. The number of hydrogen-bond donors (Lipinski definition) is 2. The van der Waals surface area contributed by atoms with E-state index in [9.17, 15) is 4.79 Å². The average Bonchev–Trinajstić information content (AvgIpc) is 2.97. The lowest BCUT2D eigenvalue weighted by molar-refractivity contribution is 0.0600. The van der Waals surface area contributed by atoms with Gasteiger partial charge in [-0.25, -0.2) is 9.78 Å². The van der Waals surface area contributed by atoms with Crippen molar-refractivity contribution >= 4 is 17.9 Å². The number of rotatable bonds is 5. The van der Waals surface area contributed by atoms with Crippen LogP contribution < -0.4 is 10.1 Å². The Kier molecular flexibility index (Phi) is 5.06. The summed E-state index contributed by atoms with van der Waals surface area (Å²) in [4.78, 5) is 16.6. The number of nitrogens with one attached hydrogen (secondary N) is 2. The Morgan fingerprint density at radius 3 is 2.96 bits per heavy atom. The molecule has 0 spiro atoms. The van der Waals surface area contributed by atoms with Crippen molar-refractivity contribution in [1.29, 1.82) is 5.41 Å². The van der Waals surface area contributed by atoms with Crippen LogP contribution in [0.15, 0.2) is 30.5 Å². The van der Waals surface area contributed by atoms with E-state index in [0.29, 0.717) is 24.5 Å². The number of nitrogens with zero attached hydrogens (tertiary/aromatic N) is 2. The maximum absolute atomic E-state index is 11.9. The monoisotopic (exact) mass is 354 g/mol. The Hall–Kier alpha value is -3.09. The van der Waals surface area contributed by atoms with Gasteiger partial charge in [0.15, 0.2) is 0 Å². The minimum absolute atomic E-state index is 0.212. The summed E-state index contributed by atoms with van der Waals surface area (Å²) < 4.78 is 12.6. The lowest BCUT2D eigenvalue weighted by Gasteiger charge is -2.12. The Labute approximate surface area is 152 Å². The summed E-state index contributed by atoms with van der Waals surface area (Å²) in [6.07, 6.45) is 4.86. The van der Waals surface area contributed by atoms with E-state index in [1.54, 1.807) is 24.3 Å². The Balaban J connectivity index is 2.09. The first-order valence-corrected chi connectivity index (χ1v) is 8.44. The number of benzene rings is 1. The number of carbonyl (C=O) groups excluding carboxylic acids is 1. The first-order valence-electron chi connectivity index (χ1n) is 8.44. The highest BCUT2D eigenvalue weighted by molar-refractivity contribution is 5.91. The van der Waals surface area contributed by atoms with Crippen LogP contribution in [0, 0.1) is 5.41 Å². The predicted octanol–water partition coefficient (Wildman–Crippen LogP) is 2.72. The highest BCUT2D eigenvalue weighted by atomic mass is 16.5. The summed E-state index contributed by atoms with van der Waals surface area (Å²) in [6.45, 7) is 5.22. The van der Waals surface area contributed by atoms with Crippen molar-refractivity contribution in [3.63, 3.8) is 0 Å². The number of imidazole rings is 1. The molecule has 1 aliphatic heterocycles.